The zero-order valence-electron chi connectivity index (χ0n) is 13.1. The Balaban J connectivity index is 1.46. The van der Waals surface area contributed by atoms with E-state index in [0.29, 0.717) is 24.7 Å². The standard InChI is InChI=1S/C18H17N3O2S/c22-16(9-12-7-8-24-11-12)19-15-4-2-1-3-14(15)10-17-20-18(21-23-17)13-5-6-13/h1-4,7-8,11,13H,5-6,9-10H2,(H,19,22). The highest BCUT2D eigenvalue weighted by atomic mass is 32.1. The second-order valence-electron chi connectivity index (χ2n) is 6.01. The summed E-state index contributed by atoms with van der Waals surface area (Å²) in [6.45, 7) is 0. The first-order valence-electron chi connectivity index (χ1n) is 7.99. The molecule has 4 rings (SSSR count). The zero-order chi connectivity index (χ0) is 16.4. The third-order valence-electron chi connectivity index (χ3n) is 4.00. The zero-order valence-corrected chi connectivity index (χ0v) is 13.9. The topological polar surface area (TPSA) is 68.0 Å². The number of aromatic nitrogens is 2. The number of para-hydroxylation sites is 1. The van der Waals surface area contributed by atoms with Crippen LogP contribution in [-0.2, 0) is 17.6 Å². The molecule has 122 valence electrons. The van der Waals surface area contributed by atoms with Crippen molar-refractivity contribution in [1.82, 2.24) is 10.1 Å². The van der Waals surface area contributed by atoms with E-state index in [1.54, 1.807) is 11.3 Å². The van der Waals surface area contributed by atoms with Gasteiger partial charge >= 0.3 is 0 Å². The van der Waals surface area contributed by atoms with Gasteiger partial charge in [0.15, 0.2) is 5.82 Å². The highest BCUT2D eigenvalue weighted by Gasteiger charge is 2.28. The molecule has 1 aliphatic carbocycles. The van der Waals surface area contributed by atoms with Crippen molar-refractivity contribution in [2.45, 2.75) is 31.6 Å². The minimum Gasteiger partial charge on any atom is -0.339 e. The van der Waals surface area contributed by atoms with Crippen molar-refractivity contribution in [2.24, 2.45) is 0 Å². The summed E-state index contributed by atoms with van der Waals surface area (Å²) in [4.78, 5) is 16.7. The molecule has 0 spiro atoms. The molecule has 3 aromatic rings. The Morgan fingerprint density at radius 2 is 2.17 bits per heavy atom. The lowest BCUT2D eigenvalue weighted by atomic mass is 10.1. The smallest absolute Gasteiger partial charge is 0.231 e. The third kappa shape index (κ3) is 3.54. The quantitative estimate of drug-likeness (QED) is 0.742. The normalized spacial score (nSPS) is 13.8. The SMILES string of the molecule is O=C(Cc1ccsc1)Nc1ccccc1Cc1nc(C2CC2)no1. The van der Waals surface area contributed by atoms with Gasteiger partial charge < -0.3 is 9.84 Å². The molecular weight excluding hydrogens is 322 g/mol. The maximum absolute atomic E-state index is 12.2. The van der Waals surface area contributed by atoms with Crippen LogP contribution in [0.1, 0.15) is 41.6 Å². The predicted molar refractivity (Wildman–Crippen MR) is 92.2 cm³/mol. The van der Waals surface area contributed by atoms with E-state index in [0.717, 1.165) is 35.5 Å². The fraction of sp³-hybridized carbons (Fsp3) is 0.278. The average molecular weight is 339 g/mol. The van der Waals surface area contributed by atoms with E-state index in [4.69, 9.17) is 4.52 Å². The molecule has 0 saturated heterocycles. The van der Waals surface area contributed by atoms with Crippen molar-refractivity contribution in [3.05, 3.63) is 63.9 Å². The summed E-state index contributed by atoms with van der Waals surface area (Å²) in [5.41, 5.74) is 2.80. The molecule has 1 N–H and O–H groups in total. The summed E-state index contributed by atoms with van der Waals surface area (Å²) < 4.78 is 5.34. The molecule has 0 atom stereocenters. The molecule has 1 aromatic carbocycles. The van der Waals surface area contributed by atoms with Crippen LogP contribution in [0.4, 0.5) is 5.69 Å². The summed E-state index contributed by atoms with van der Waals surface area (Å²) in [5, 5.41) is 11.0. The molecule has 5 nitrogen and oxygen atoms in total. The number of nitrogens with zero attached hydrogens (tertiary/aromatic N) is 2. The van der Waals surface area contributed by atoms with Crippen LogP contribution < -0.4 is 5.32 Å². The molecule has 1 saturated carbocycles. The van der Waals surface area contributed by atoms with E-state index >= 15 is 0 Å². The second kappa shape index (κ2) is 6.57. The fourth-order valence-electron chi connectivity index (χ4n) is 2.58. The maximum atomic E-state index is 12.2. The number of rotatable bonds is 6. The van der Waals surface area contributed by atoms with Gasteiger partial charge in [-0.1, -0.05) is 23.4 Å². The summed E-state index contributed by atoms with van der Waals surface area (Å²) in [5.74, 6) is 1.86. The van der Waals surface area contributed by atoms with E-state index in [2.05, 4.69) is 15.5 Å². The van der Waals surface area contributed by atoms with Gasteiger partial charge in [-0.25, -0.2) is 0 Å². The van der Waals surface area contributed by atoms with Gasteiger partial charge in [0.1, 0.15) is 0 Å². The number of amides is 1. The molecule has 0 unspecified atom stereocenters. The summed E-state index contributed by atoms with van der Waals surface area (Å²) in [7, 11) is 0. The van der Waals surface area contributed by atoms with Gasteiger partial charge in [-0.3, -0.25) is 4.79 Å². The fourth-order valence-corrected chi connectivity index (χ4v) is 3.25. The first-order chi connectivity index (χ1) is 11.8. The minimum absolute atomic E-state index is 0.0231. The van der Waals surface area contributed by atoms with E-state index in [1.165, 1.54) is 0 Å². The minimum atomic E-state index is -0.0231. The van der Waals surface area contributed by atoms with Gasteiger partial charge in [0.25, 0.3) is 0 Å². The third-order valence-corrected chi connectivity index (χ3v) is 4.74. The molecular formula is C18H17N3O2S. The molecule has 1 amide bonds. The van der Waals surface area contributed by atoms with Crippen molar-refractivity contribution in [1.29, 1.82) is 0 Å². The lowest BCUT2D eigenvalue weighted by Gasteiger charge is -2.09. The molecule has 1 aliphatic rings. The van der Waals surface area contributed by atoms with E-state index in [9.17, 15) is 4.79 Å². The van der Waals surface area contributed by atoms with Crippen molar-refractivity contribution >= 4 is 22.9 Å². The van der Waals surface area contributed by atoms with Crippen LogP contribution >= 0.6 is 11.3 Å². The largest absolute Gasteiger partial charge is 0.339 e. The highest BCUT2D eigenvalue weighted by molar-refractivity contribution is 7.08. The van der Waals surface area contributed by atoms with Crippen LogP contribution in [-0.4, -0.2) is 16.0 Å². The summed E-state index contributed by atoms with van der Waals surface area (Å²) in [6.07, 6.45) is 3.20. The van der Waals surface area contributed by atoms with Gasteiger partial charge in [-0.05, 0) is 46.9 Å². The number of benzene rings is 1. The first kappa shape index (κ1) is 15.1. The molecule has 0 radical (unpaired) electrons. The van der Waals surface area contributed by atoms with Gasteiger partial charge in [-0.15, -0.1) is 0 Å². The van der Waals surface area contributed by atoms with Crippen molar-refractivity contribution in [3.8, 4) is 0 Å². The van der Waals surface area contributed by atoms with Crippen molar-refractivity contribution < 1.29 is 9.32 Å². The van der Waals surface area contributed by atoms with Crippen LogP contribution in [0.2, 0.25) is 0 Å². The summed E-state index contributed by atoms with van der Waals surface area (Å²) in [6, 6.07) is 9.70. The Kier molecular flexibility index (Phi) is 4.13. The number of anilines is 1. The maximum Gasteiger partial charge on any atom is 0.231 e. The number of carbonyl (C=O) groups excluding carboxylic acids is 1. The lowest BCUT2D eigenvalue weighted by molar-refractivity contribution is -0.115. The van der Waals surface area contributed by atoms with Gasteiger partial charge in [0.05, 0.1) is 12.8 Å². The predicted octanol–water partition coefficient (Wildman–Crippen LogP) is 3.78. The van der Waals surface area contributed by atoms with Crippen LogP contribution in [0.3, 0.4) is 0 Å². The Morgan fingerprint density at radius 1 is 1.29 bits per heavy atom. The first-order valence-corrected chi connectivity index (χ1v) is 8.93. The monoisotopic (exact) mass is 339 g/mol. The van der Waals surface area contributed by atoms with Crippen LogP contribution in [0.25, 0.3) is 0 Å². The molecule has 2 aromatic heterocycles. The molecule has 1 fully saturated rings. The highest BCUT2D eigenvalue weighted by Crippen LogP contribution is 2.38. The van der Waals surface area contributed by atoms with Crippen LogP contribution in [0, 0.1) is 0 Å². The number of hydrogen-bond acceptors (Lipinski definition) is 5. The lowest BCUT2D eigenvalue weighted by Crippen LogP contribution is -2.15. The molecule has 0 aliphatic heterocycles. The van der Waals surface area contributed by atoms with Gasteiger partial charge in [-0.2, -0.15) is 16.3 Å². The van der Waals surface area contributed by atoms with E-state index in [-0.39, 0.29) is 5.91 Å². The number of nitrogens with one attached hydrogen (secondary N) is 1. The van der Waals surface area contributed by atoms with Crippen LogP contribution in [0.15, 0.2) is 45.6 Å². The molecule has 0 bridgehead atoms. The van der Waals surface area contributed by atoms with E-state index in [1.807, 2.05) is 41.1 Å². The van der Waals surface area contributed by atoms with E-state index < -0.39 is 0 Å². The van der Waals surface area contributed by atoms with Gasteiger partial charge in [0.2, 0.25) is 11.8 Å². The molecule has 6 heteroatoms. The van der Waals surface area contributed by atoms with Crippen molar-refractivity contribution in [2.75, 3.05) is 5.32 Å². The number of thiophene rings is 1. The van der Waals surface area contributed by atoms with Gasteiger partial charge in [0, 0.05) is 11.6 Å². The Morgan fingerprint density at radius 3 is 2.96 bits per heavy atom. The Hall–Kier alpha value is -2.47. The second-order valence-corrected chi connectivity index (χ2v) is 6.79. The Bertz CT molecular complexity index is 838. The van der Waals surface area contributed by atoms with Crippen LogP contribution in [0.5, 0.6) is 0 Å². The number of hydrogen-bond donors (Lipinski definition) is 1. The molecule has 24 heavy (non-hydrogen) atoms. The number of carbonyl (C=O) groups is 1. The molecule has 2 heterocycles. The van der Waals surface area contributed by atoms with Crippen molar-refractivity contribution in [3.63, 3.8) is 0 Å². The Labute approximate surface area is 143 Å². The summed E-state index contributed by atoms with van der Waals surface area (Å²) >= 11 is 1.59. The average Bonchev–Trinajstić information content (AvgIpc) is 3.10.